The van der Waals surface area contributed by atoms with Crippen LogP contribution < -0.4 is 11.1 Å². The third-order valence-electron chi connectivity index (χ3n) is 2.65. The van der Waals surface area contributed by atoms with Gasteiger partial charge in [-0.1, -0.05) is 0 Å². The molecule has 0 spiro atoms. The van der Waals surface area contributed by atoms with Gasteiger partial charge in [-0.05, 0) is 13.8 Å². The van der Waals surface area contributed by atoms with Gasteiger partial charge >= 0.3 is 0 Å². The van der Waals surface area contributed by atoms with Crippen molar-refractivity contribution in [3.05, 3.63) is 0 Å². The first-order valence-corrected chi connectivity index (χ1v) is 5.46. The van der Waals surface area contributed by atoms with Crippen LogP contribution in [0.1, 0.15) is 13.8 Å². The van der Waals surface area contributed by atoms with Gasteiger partial charge < -0.3 is 15.8 Å². The van der Waals surface area contributed by atoms with Crippen molar-refractivity contribution in [1.82, 2.24) is 10.2 Å². The zero-order valence-corrected chi connectivity index (χ0v) is 9.53. The lowest BCUT2D eigenvalue weighted by molar-refractivity contribution is -0.122. The van der Waals surface area contributed by atoms with Gasteiger partial charge in [-0.25, -0.2) is 0 Å². The fraction of sp³-hybridized carbons (Fsp3) is 0.900. The van der Waals surface area contributed by atoms with Crippen molar-refractivity contribution < 1.29 is 9.53 Å². The van der Waals surface area contributed by atoms with E-state index in [9.17, 15) is 4.79 Å². The van der Waals surface area contributed by atoms with Crippen molar-refractivity contribution in [3.8, 4) is 0 Å². The molecule has 1 aliphatic heterocycles. The summed E-state index contributed by atoms with van der Waals surface area (Å²) in [6.45, 7) is 7.89. The summed E-state index contributed by atoms with van der Waals surface area (Å²) < 4.78 is 5.26. The lowest BCUT2D eigenvalue weighted by Gasteiger charge is -2.32. The lowest BCUT2D eigenvalue weighted by Crippen LogP contribution is -2.49. The van der Waals surface area contributed by atoms with E-state index < -0.39 is 6.04 Å². The summed E-state index contributed by atoms with van der Waals surface area (Å²) in [5.41, 5.74) is 5.45. The van der Waals surface area contributed by atoms with Crippen LogP contribution in [0.4, 0.5) is 0 Å². The molecular weight excluding hydrogens is 194 g/mol. The Morgan fingerprint density at radius 3 is 2.60 bits per heavy atom. The minimum absolute atomic E-state index is 0.0879. The number of morpholine rings is 1. The summed E-state index contributed by atoms with van der Waals surface area (Å²) in [7, 11) is 0. The van der Waals surface area contributed by atoms with Crippen molar-refractivity contribution in [2.24, 2.45) is 5.73 Å². The van der Waals surface area contributed by atoms with Crippen LogP contribution in [-0.4, -0.2) is 55.7 Å². The molecule has 1 aliphatic rings. The van der Waals surface area contributed by atoms with Crippen molar-refractivity contribution in [2.45, 2.75) is 25.9 Å². The number of nitrogens with one attached hydrogen (secondary N) is 1. The summed E-state index contributed by atoms with van der Waals surface area (Å²) >= 11 is 0. The molecule has 1 fully saturated rings. The zero-order chi connectivity index (χ0) is 11.3. The monoisotopic (exact) mass is 215 g/mol. The first kappa shape index (κ1) is 12.4. The highest BCUT2D eigenvalue weighted by atomic mass is 16.5. The first-order chi connectivity index (χ1) is 7.11. The highest BCUT2D eigenvalue weighted by molar-refractivity contribution is 5.80. The van der Waals surface area contributed by atoms with Gasteiger partial charge in [-0.15, -0.1) is 0 Å². The average Bonchev–Trinajstić information content (AvgIpc) is 2.26. The molecule has 1 unspecified atom stereocenters. The van der Waals surface area contributed by atoms with Crippen LogP contribution in [0.15, 0.2) is 0 Å². The Bertz CT molecular complexity index is 203. The molecule has 0 aliphatic carbocycles. The summed E-state index contributed by atoms with van der Waals surface area (Å²) in [6, 6.07) is -0.0847. The van der Waals surface area contributed by atoms with Gasteiger partial charge in [0.2, 0.25) is 5.91 Å². The topological polar surface area (TPSA) is 67.6 Å². The number of nitrogens with zero attached hydrogens (tertiary/aromatic N) is 1. The molecule has 1 amide bonds. The molecule has 0 aromatic carbocycles. The molecule has 3 N–H and O–H groups in total. The molecular formula is C10H21N3O2. The van der Waals surface area contributed by atoms with E-state index in [2.05, 4.69) is 17.1 Å². The van der Waals surface area contributed by atoms with Crippen molar-refractivity contribution in [3.63, 3.8) is 0 Å². The van der Waals surface area contributed by atoms with Gasteiger partial charge in [-0.3, -0.25) is 9.69 Å². The second-order valence-electron chi connectivity index (χ2n) is 4.03. The minimum atomic E-state index is -0.429. The Hall–Kier alpha value is -0.650. The Morgan fingerprint density at radius 2 is 2.07 bits per heavy atom. The van der Waals surface area contributed by atoms with Gasteiger partial charge in [-0.2, -0.15) is 0 Å². The Kier molecular flexibility index (Phi) is 5.01. The highest BCUT2D eigenvalue weighted by Gasteiger charge is 2.17. The van der Waals surface area contributed by atoms with E-state index >= 15 is 0 Å². The quantitative estimate of drug-likeness (QED) is 0.642. The third-order valence-corrected chi connectivity index (χ3v) is 2.65. The summed E-state index contributed by atoms with van der Waals surface area (Å²) in [5.74, 6) is -0.0879. The number of ether oxygens (including phenoxy) is 1. The predicted octanol–water partition coefficient (Wildman–Crippen LogP) is -0.829. The van der Waals surface area contributed by atoms with Crippen LogP contribution in [0.25, 0.3) is 0 Å². The van der Waals surface area contributed by atoms with Crippen molar-refractivity contribution in [1.29, 1.82) is 0 Å². The molecule has 88 valence electrons. The minimum Gasteiger partial charge on any atom is -0.379 e. The largest absolute Gasteiger partial charge is 0.379 e. The van der Waals surface area contributed by atoms with E-state index in [1.165, 1.54) is 0 Å². The molecule has 2 atom stereocenters. The maximum absolute atomic E-state index is 11.3. The number of amides is 1. The van der Waals surface area contributed by atoms with E-state index in [-0.39, 0.29) is 5.91 Å². The van der Waals surface area contributed by atoms with Crippen molar-refractivity contribution in [2.75, 3.05) is 32.8 Å². The van der Waals surface area contributed by atoms with Crippen LogP contribution >= 0.6 is 0 Å². The molecule has 15 heavy (non-hydrogen) atoms. The fourth-order valence-corrected chi connectivity index (χ4v) is 1.56. The summed E-state index contributed by atoms with van der Waals surface area (Å²) in [4.78, 5) is 13.6. The fourth-order valence-electron chi connectivity index (χ4n) is 1.56. The van der Waals surface area contributed by atoms with Crippen molar-refractivity contribution >= 4 is 5.91 Å². The molecule has 0 aromatic heterocycles. The maximum Gasteiger partial charge on any atom is 0.236 e. The predicted molar refractivity (Wildman–Crippen MR) is 58.5 cm³/mol. The maximum atomic E-state index is 11.3. The molecule has 1 saturated heterocycles. The first-order valence-electron chi connectivity index (χ1n) is 5.46. The zero-order valence-electron chi connectivity index (χ0n) is 9.53. The smallest absolute Gasteiger partial charge is 0.236 e. The van der Waals surface area contributed by atoms with Gasteiger partial charge in [0.1, 0.15) is 0 Å². The molecule has 0 saturated carbocycles. The Balaban J connectivity index is 2.22. The van der Waals surface area contributed by atoms with Gasteiger partial charge in [0.25, 0.3) is 0 Å². The van der Waals surface area contributed by atoms with E-state index in [4.69, 9.17) is 10.5 Å². The molecule has 0 bridgehead atoms. The summed E-state index contributed by atoms with van der Waals surface area (Å²) in [6.07, 6.45) is 0. The van der Waals surface area contributed by atoms with E-state index in [0.717, 1.165) is 26.3 Å². The van der Waals surface area contributed by atoms with Crippen LogP contribution in [0.3, 0.4) is 0 Å². The Labute approximate surface area is 90.9 Å². The number of carbonyl (C=O) groups excluding carboxylic acids is 1. The average molecular weight is 215 g/mol. The van der Waals surface area contributed by atoms with Gasteiger partial charge in [0.15, 0.2) is 0 Å². The molecule has 1 heterocycles. The second-order valence-corrected chi connectivity index (χ2v) is 4.03. The summed E-state index contributed by atoms with van der Waals surface area (Å²) in [5, 5.41) is 2.83. The van der Waals surface area contributed by atoms with Crippen LogP contribution in [0, 0.1) is 0 Å². The van der Waals surface area contributed by atoms with Gasteiger partial charge in [0.05, 0.1) is 19.3 Å². The van der Waals surface area contributed by atoms with E-state index in [0.29, 0.717) is 12.6 Å². The van der Waals surface area contributed by atoms with Crippen LogP contribution in [0.5, 0.6) is 0 Å². The molecule has 5 heteroatoms. The molecule has 0 radical (unpaired) electrons. The van der Waals surface area contributed by atoms with E-state index in [1.54, 1.807) is 6.92 Å². The second kappa shape index (κ2) is 6.05. The highest BCUT2D eigenvalue weighted by Crippen LogP contribution is 2.02. The molecule has 0 aromatic rings. The standard InChI is InChI=1S/C10H21N3O2/c1-8(7-12-10(14)9(2)11)13-3-5-15-6-4-13/h8-9H,3-7,11H2,1-2H3,(H,12,14)/t8?,9-/m1/s1. The van der Waals surface area contributed by atoms with Gasteiger partial charge in [0, 0.05) is 25.7 Å². The number of hydrogen-bond donors (Lipinski definition) is 2. The normalized spacial score (nSPS) is 22.1. The number of rotatable bonds is 4. The van der Waals surface area contributed by atoms with E-state index in [1.807, 2.05) is 0 Å². The SMILES string of the molecule is CC(CNC(=O)[C@@H](C)N)N1CCOCC1. The lowest BCUT2D eigenvalue weighted by atomic mass is 10.2. The number of hydrogen-bond acceptors (Lipinski definition) is 4. The molecule has 1 rings (SSSR count). The van der Waals surface area contributed by atoms with Crippen LogP contribution in [0.2, 0.25) is 0 Å². The number of carbonyl (C=O) groups is 1. The molecule has 5 nitrogen and oxygen atoms in total. The Morgan fingerprint density at radius 1 is 1.47 bits per heavy atom. The van der Waals surface area contributed by atoms with Crippen LogP contribution in [-0.2, 0) is 9.53 Å². The number of nitrogens with two attached hydrogens (primary N) is 1. The third kappa shape index (κ3) is 4.15.